The summed E-state index contributed by atoms with van der Waals surface area (Å²) in [7, 11) is 0. The van der Waals surface area contributed by atoms with Crippen molar-refractivity contribution in [3.8, 4) is 11.5 Å². The molecule has 0 amide bonds. The first kappa shape index (κ1) is 17.5. The van der Waals surface area contributed by atoms with E-state index in [2.05, 4.69) is 24.0 Å². The number of guanidine groups is 1. The zero-order valence-corrected chi connectivity index (χ0v) is 15.6. The zero-order valence-electron chi connectivity index (χ0n) is 15.6. The van der Waals surface area contributed by atoms with Gasteiger partial charge in [0.05, 0.1) is 6.54 Å². The topological polar surface area (TPSA) is 69.3 Å². The number of ether oxygens (including phenoxy) is 3. The largest absolute Gasteiger partial charge is 0.454 e. The van der Waals surface area contributed by atoms with Gasteiger partial charge in [-0.05, 0) is 49.3 Å². The SMILES string of the molecule is CC1CCCN(C(N)=NCC2(c3ccc4c(c3)OCO4)CCOCC2)C1. The highest BCUT2D eigenvalue weighted by Gasteiger charge is 2.36. The van der Waals surface area contributed by atoms with Gasteiger partial charge in [0.1, 0.15) is 0 Å². The Hall–Kier alpha value is -1.95. The maximum atomic E-state index is 6.35. The molecule has 0 aromatic heterocycles. The van der Waals surface area contributed by atoms with Crippen LogP contribution in [-0.4, -0.2) is 50.5 Å². The lowest BCUT2D eigenvalue weighted by Gasteiger charge is -2.37. The van der Waals surface area contributed by atoms with Crippen LogP contribution in [-0.2, 0) is 10.2 Å². The van der Waals surface area contributed by atoms with Crippen LogP contribution in [0.3, 0.4) is 0 Å². The van der Waals surface area contributed by atoms with Gasteiger partial charge in [-0.25, -0.2) is 0 Å². The number of benzene rings is 1. The molecule has 1 unspecified atom stereocenters. The molecular weight excluding hydrogens is 330 g/mol. The van der Waals surface area contributed by atoms with E-state index < -0.39 is 0 Å². The van der Waals surface area contributed by atoms with E-state index in [4.69, 9.17) is 24.9 Å². The van der Waals surface area contributed by atoms with E-state index in [-0.39, 0.29) is 5.41 Å². The number of hydrogen-bond acceptors (Lipinski definition) is 4. The first-order valence-electron chi connectivity index (χ1n) is 9.69. The molecule has 3 heterocycles. The van der Waals surface area contributed by atoms with Crippen molar-refractivity contribution in [2.45, 2.75) is 38.0 Å². The Kier molecular flexibility index (Phi) is 4.94. The number of nitrogens with two attached hydrogens (primary N) is 1. The smallest absolute Gasteiger partial charge is 0.231 e. The molecule has 142 valence electrons. The number of nitrogens with zero attached hydrogens (tertiary/aromatic N) is 2. The predicted octanol–water partition coefficient (Wildman–Crippen LogP) is 2.51. The van der Waals surface area contributed by atoms with Crippen LogP contribution >= 0.6 is 0 Å². The summed E-state index contributed by atoms with van der Waals surface area (Å²) in [5.41, 5.74) is 7.55. The fourth-order valence-electron chi connectivity index (χ4n) is 4.26. The number of likely N-dealkylation sites (tertiary alicyclic amines) is 1. The van der Waals surface area contributed by atoms with Gasteiger partial charge in [0, 0.05) is 31.7 Å². The van der Waals surface area contributed by atoms with Crippen molar-refractivity contribution < 1.29 is 14.2 Å². The molecule has 2 fully saturated rings. The van der Waals surface area contributed by atoms with Crippen LogP contribution < -0.4 is 15.2 Å². The summed E-state index contributed by atoms with van der Waals surface area (Å²) >= 11 is 0. The molecule has 3 aliphatic heterocycles. The third kappa shape index (κ3) is 3.47. The molecule has 0 spiro atoms. The molecule has 2 saturated heterocycles. The van der Waals surface area contributed by atoms with Crippen molar-refractivity contribution in [1.82, 2.24) is 4.90 Å². The van der Waals surface area contributed by atoms with Gasteiger partial charge < -0.3 is 24.8 Å². The summed E-state index contributed by atoms with van der Waals surface area (Å²) in [6.07, 6.45) is 4.36. The van der Waals surface area contributed by atoms with Gasteiger partial charge in [0.2, 0.25) is 6.79 Å². The van der Waals surface area contributed by atoms with Gasteiger partial charge in [-0.15, -0.1) is 0 Å². The minimum absolute atomic E-state index is 0.0503. The quantitative estimate of drug-likeness (QED) is 0.663. The minimum atomic E-state index is -0.0503. The molecule has 6 heteroatoms. The highest BCUT2D eigenvalue weighted by Crippen LogP contribution is 2.41. The number of hydrogen-bond donors (Lipinski definition) is 1. The van der Waals surface area contributed by atoms with Gasteiger partial charge in [-0.2, -0.15) is 0 Å². The van der Waals surface area contributed by atoms with E-state index in [1.54, 1.807) is 0 Å². The average molecular weight is 359 g/mol. The molecule has 1 atom stereocenters. The van der Waals surface area contributed by atoms with Crippen LogP contribution in [0.1, 0.15) is 38.2 Å². The fourth-order valence-corrected chi connectivity index (χ4v) is 4.26. The molecule has 2 N–H and O–H groups in total. The predicted molar refractivity (Wildman–Crippen MR) is 101 cm³/mol. The standard InChI is InChI=1S/C20H29N3O3/c1-15-3-2-8-23(12-15)19(21)22-13-20(6-9-24-10-7-20)16-4-5-17-18(11-16)26-14-25-17/h4-5,11,15H,2-3,6-10,12-14H2,1H3,(H2,21,22). The summed E-state index contributed by atoms with van der Waals surface area (Å²) in [6.45, 7) is 6.80. The zero-order chi connectivity index (χ0) is 18.0. The summed E-state index contributed by atoms with van der Waals surface area (Å²) in [5, 5.41) is 0. The lowest BCUT2D eigenvalue weighted by atomic mass is 9.74. The summed E-state index contributed by atoms with van der Waals surface area (Å²) < 4.78 is 16.7. The fraction of sp³-hybridized carbons (Fsp3) is 0.650. The summed E-state index contributed by atoms with van der Waals surface area (Å²) in [5.74, 6) is 3.02. The van der Waals surface area contributed by atoms with Gasteiger partial charge >= 0.3 is 0 Å². The van der Waals surface area contributed by atoms with Crippen molar-refractivity contribution in [2.24, 2.45) is 16.6 Å². The van der Waals surface area contributed by atoms with Crippen LogP contribution in [0, 0.1) is 5.92 Å². The third-order valence-electron chi connectivity index (χ3n) is 5.96. The van der Waals surface area contributed by atoms with Crippen molar-refractivity contribution in [2.75, 3.05) is 39.6 Å². The summed E-state index contributed by atoms with van der Waals surface area (Å²) in [4.78, 5) is 7.08. The van der Waals surface area contributed by atoms with E-state index in [1.165, 1.54) is 18.4 Å². The van der Waals surface area contributed by atoms with Gasteiger partial charge in [-0.1, -0.05) is 13.0 Å². The molecule has 1 aromatic rings. The maximum Gasteiger partial charge on any atom is 0.231 e. The Bertz CT molecular complexity index is 670. The Morgan fingerprint density at radius 3 is 2.88 bits per heavy atom. The maximum absolute atomic E-state index is 6.35. The second-order valence-electron chi connectivity index (χ2n) is 7.83. The number of aliphatic imine (C=N–C) groups is 1. The molecular formula is C20H29N3O3. The normalized spacial score (nSPS) is 25.3. The van der Waals surface area contributed by atoms with Crippen LogP contribution in [0.4, 0.5) is 0 Å². The van der Waals surface area contributed by atoms with Crippen molar-refractivity contribution in [3.05, 3.63) is 23.8 Å². The number of rotatable bonds is 3. The molecule has 3 aliphatic rings. The van der Waals surface area contributed by atoms with Crippen molar-refractivity contribution >= 4 is 5.96 Å². The van der Waals surface area contributed by atoms with Crippen LogP contribution in [0.2, 0.25) is 0 Å². The Morgan fingerprint density at radius 1 is 1.27 bits per heavy atom. The monoisotopic (exact) mass is 359 g/mol. The lowest BCUT2D eigenvalue weighted by Crippen LogP contribution is -2.45. The van der Waals surface area contributed by atoms with E-state index in [1.807, 2.05) is 6.07 Å². The Labute approximate surface area is 155 Å². The molecule has 0 radical (unpaired) electrons. The van der Waals surface area contributed by atoms with E-state index in [0.717, 1.165) is 50.6 Å². The summed E-state index contributed by atoms with van der Waals surface area (Å²) in [6, 6.07) is 6.27. The lowest BCUT2D eigenvalue weighted by molar-refractivity contribution is 0.0529. The first-order chi connectivity index (χ1) is 12.7. The molecule has 6 nitrogen and oxygen atoms in total. The molecule has 1 aromatic carbocycles. The van der Waals surface area contributed by atoms with Gasteiger partial charge in [0.15, 0.2) is 17.5 Å². The van der Waals surface area contributed by atoms with Crippen LogP contribution in [0.5, 0.6) is 11.5 Å². The van der Waals surface area contributed by atoms with E-state index >= 15 is 0 Å². The second kappa shape index (κ2) is 7.35. The average Bonchev–Trinajstić information content (AvgIpc) is 3.15. The first-order valence-corrected chi connectivity index (χ1v) is 9.69. The Balaban J connectivity index is 1.55. The van der Waals surface area contributed by atoms with Crippen molar-refractivity contribution in [3.63, 3.8) is 0 Å². The molecule has 26 heavy (non-hydrogen) atoms. The van der Waals surface area contributed by atoms with E-state index in [9.17, 15) is 0 Å². The molecule has 0 aliphatic carbocycles. The van der Waals surface area contributed by atoms with Crippen LogP contribution in [0.25, 0.3) is 0 Å². The third-order valence-corrected chi connectivity index (χ3v) is 5.96. The van der Waals surface area contributed by atoms with Crippen LogP contribution in [0.15, 0.2) is 23.2 Å². The Morgan fingerprint density at radius 2 is 2.08 bits per heavy atom. The highest BCUT2D eigenvalue weighted by atomic mass is 16.7. The highest BCUT2D eigenvalue weighted by molar-refractivity contribution is 5.78. The van der Waals surface area contributed by atoms with Gasteiger partial charge in [0.25, 0.3) is 0 Å². The minimum Gasteiger partial charge on any atom is -0.454 e. The molecule has 0 bridgehead atoms. The second-order valence-corrected chi connectivity index (χ2v) is 7.83. The van der Waals surface area contributed by atoms with E-state index in [0.29, 0.717) is 25.2 Å². The molecule has 0 saturated carbocycles. The van der Waals surface area contributed by atoms with Gasteiger partial charge in [-0.3, -0.25) is 4.99 Å². The number of piperidine rings is 1. The molecule has 4 rings (SSSR count). The van der Waals surface area contributed by atoms with Crippen molar-refractivity contribution in [1.29, 1.82) is 0 Å². The number of fused-ring (bicyclic) bond motifs is 1.